The fraction of sp³-hybridized carbons (Fsp3) is 0.596. The van der Waals surface area contributed by atoms with Crippen LogP contribution in [0.5, 0.6) is 0 Å². The lowest BCUT2D eigenvalue weighted by Crippen LogP contribution is -2.05. The Balaban J connectivity index is 1.23. The fourth-order valence-corrected chi connectivity index (χ4v) is 29.6. The van der Waals surface area contributed by atoms with Crippen molar-refractivity contribution in [2.45, 2.75) is 404 Å². The van der Waals surface area contributed by atoms with Gasteiger partial charge in [0.05, 0.1) is 0 Å². The largest absolute Gasteiger partial charge is 0.143 e. The summed E-state index contributed by atoms with van der Waals surface area (Å²) >= 11 is 21.2. The van der Waals surface area contributed by atoms with Crippen LogP contribution in [0.2, 0.25) is 0 Å². The van der Waals surface area contributed by atoms with E-state index in [1.54, 1.807) is 94.0 Å². The van der Waals surface area contributed by atoms with Gasteiger partial charge in [0.25, 0.3) is 0 Å². The highest BCUT2D eigenvalue weighted by molar-refractivity contribution is 7.28. The minimum Gasteiger partial charge on any atom is -0.143 e. The molecule has 0 aliphatic carbocycles. The number of hydrogen-bond acceptors (Lipinski definition) is 10. The van der Waals surface area contributed by atoms with Crippen molar-refractivity contribution in [2.24, 2.45) is 0 Å². The second-order valence-electron chi connectivity index (χ2n) is 33.7. The number of hydrogen-bond donors (Lipinski definition) is 0. The molecule has 0 bridgehead atoms. The van der Waals surface area contributed by atoms with Crippen LogP contribution in [0.1, 0.15) is 408 Å². The van der Waals surface area contributed by atoms with Crippen LogP contribution in [-0.2, 0) is 64.2 Å². The van der Waals surface area contributed by atoms with E-state index in [2.05, 4.69) is 245 Å². The van der Waals surface area contributed by atoms with Gasteiger partial charge in [-0.25, -0.2) is 0 Å². The average Bonchev–Trinajstić information content (AvgIpc) is 1.60. The molecule has 0 atom stereocenters. The van der Waals surface area contributed by atoms with Gasteiger partial charge < -0.3 is 0 Å². The van der Waals surface area contributed by atoms with Gasteiger partial charge in [-0.2, -0.15) is 0 Å². The zero-order chi connectivity index (χ0) is 80.2. The lowest BCUT2D eigenvalue weighted by atomic mass is 10.00. The van der Waals surface area contributed by atoms with Crippen LogP contribution in [0, 0.1) is 16.0 Å². The maximum Gasteiger partial charge on any atom is 0.0481 e. The van der Waals surface area contributed by atoms with Crippen molar-refractivity contribution in [1.82, 2.24) is 0 Å². The summed E-state index contributed by atoms with van der Waals surface area (Å²) in [5.74, 6) is 0. The van der Waals surface area contributed by atoms with Gasteiger partial charge in [0.2, 0.25) is 0 Å². The van der Waals surface area contributed by atoms with E-state index >= 15 is 0 Å². The van der Waals surface area contributed by atoms with Gasteiger partial charge in [0.15, 0.2) is 0 Å². The van der Waals surface area contributed by atoms with Crippen LogP contribution < -0.4 is 9.06 Å². The summed E-state index contributed by atoms with van der Waals surface area (Å²) in [6.45, 7) is 28.6. The van der Waals surface area contributed by atoms with Crippen molar-refractivity contribution >= 4 is 125 Å². The van der Waals surface area contributed by atoms with E-state index in [4.69, 9.17) is 0 Å². The quantitative estimate of drug-likeness (QED) is 0.0333. The number of rotatable bonds is 58. The summed E-state index contributed by atoms with van der Waals surface area (Å²) in [5, 5.41) is 5.01. The van der Waals surface area contributed by atoms with E-state index in [0.29, 0.717) is 0 Å². The zero-order valence-electron chi connectivity index (χ0n) is 73.4. The van der Waals surface area contributed by atoms with Crippen molar-refractivity contribution < 1.29 is 0 Å². The minimum absolute atomic E-state index is 1.13. The highest BCUT2D eigenvalue weighted by atomic mass is 32.1. The fourth-order valence-electron chi connectivity index (χ4n) is 16.9. The third kappa shape index (κ3) is 27.4. The van der Waals surface area contributed by atoms with Gasteiger partial charge >= 0.3 is 0 Å². The van der Waals surface area contributed by atoms with Gasteiger partial charge in [-0.3, -0.25) is 0 Å². The van der Waals surface area contributed by atoms with Gasteiger partial charge in [-0.1, -0.05) is 262 Å². The second-order valence-corrected chi connectivity index (χ2v) is 44.2. The molecule has 0 N–H and O–H groups in total. The number of aryl methyl sites for hydroxylation is 11. The Kier molecular flexibility index (Phi) is 42.0. The van der Waals surface area contributed by atoms with Crippen LogP contribution in [-0.4, -0.2) is 0 Å². The predicted molar refractivity (Wildman–Crippen MR) is 528 cm³/mol. The minimum atomic E-state index is 1.13. The molecule has 0 radical (unpaired) electrons. The Hall–Kier alpha value is -3.26. The maximum absolute atomic E-state index is 2.80. The summed E-state index contributed by atoms with van der Waals surface area (Å²) < 4.78 is 6.11. The normalized spacial score (nSPS) is 12.8. The van der Waals surface area contributed by atoms with E-state index < -0.39 is 0 Å². The molecule has 0 saturated carbocycles. The molecule has 624 valence electrons. The first-order valence-corrected chi connectivity index (χ1v) is 55.1. The van der Waals surface area contributed by atoms with E-state index in [0.717, 1.165) is 32.1 Å². The third-order valence-corrected chi connectivity index (χ3v) is 36.4. The number of thiophene rings is 10. The highest BCUT2D eigenvalue weighted by Crippen LogP contribution is 2.51. The molecule has 0 fully saturated rings. The SMILES string of the molecule is CCCCCCc1csc(-c2sc(-c3sc(/C(c4sc(-c5sc(C)cc5CCCCCC)cc4CCCCCC)=c4\cc(CCCCCC)/c(=c5/cc(CCCCCC)/c(=C(\C)c6cc(CCCCCC)c(-c7cc(CCCCCC)c(-c8cc(CCCCCC)cs8)s7)s6)s5)s4)cc3CCCCCC)cc2CCCCCC)c1. The monoisotopic (exact) mass is 1720 g/mol. The van der Waals surface area contributed by atoms with Crippen LogP contribution in [0.3, 0.4) is 0 Å². The molecule has 10 heteroatoms. The summed E-state index contributed by atoms with van der Waals surface area (Å²) in [6, 6.07) is 27.0. The first kappa shape index (κ1) is 93.0. The molecule has 10 heterocycles. The molecule has 0 unspecified atom stereocenters. The van der Waals surface area contributed by atoms with Gasteiger partial charge in [0.1, 0.15) is 0 Å². The smallest absolute Gasteiger partial charge is 0.0481 e. The molecule has 0 nitrogen and oxygen atoms in total. The summed E-state index contributed by atoms with van der Waals surface area (Å²) in [5.41, 5.74) is 18.9. The Bertz CT molecular complexity index is 4600. The van der Waals surface area contributed by atoms with Crippen molar-refractivity contribution in [2.75, 3.05) is 0 Å². The van der Waals surface area contributed by atoms with E-state index in [1.165, 1.54) is 348 Å². The van der Waals surface area contributed by atoms with Crippen molar-refractivity contribution in [3.63, 3.8) is 0 Å². The Labute approximate surface area is 735 Å². The van der Waals surface area contributed by atoms with Gasteiger partial charge in [-0.15, -0.1) is 113 Å². The van der Waals surface area contributed by atoms with Crippen LogP contribution >= 0.6 is 113 Å². The molecule has 0 aromatic carbocycles. The summed E-state index contributed by atoms with van der Waals surface area (Å²) in [4.78, 5) is 21.3. The molecule has 0 aliphatic rings. The van der Waals surface area contributed by atoms with E-state index in [9.17, 15) is 0 Å². The first-order valence-electron chi connectivity index (χ1n) is 46.9. The zero-order valence-corrected chi connectivity index (χ0v) is 81.5. The molecule has 10 aromatic heterocycles. The molecule has 0 spiro atoms. The average molecular weight is 1720 g/mol. The van der Waals surface area contributed by atoms with Gasteiger partial charge in [-0.05, 0) is 275 Å². The predicted octanol–water partition coefficient (Wildman–Crippen LogP) is 36.9. The van der Waals surface area contributed by atoms with Gasteiger partial charge in [0, 0.05) is 92.0 Å². The summed E-state index contributed by atoms with van der Waals surface area (Å²) in [6.07, 6.45) is 63.2. The Morgan fingerprint density at radius 2 is 0.588 bits per heavy atom. The van der Waals surface area contributed by atoms with Crippen LogP contribution in [0.15, 0.2) is 71.4 Å². The van der Waals surface area contributed by atoms with Crippen molar-refractivity contribution in [3.8, 4) is 48.8 Å². The highest BCUT2D eigenvalue weighted by Gasteiger charge is 2.27. The molecule has 10 rings (SSSR count). The Morgan fingerprint density at radius 1 is 0.254 bits per heavy atom. The lowest BCUT2D eigenvalue weighted by Gasteiger charge is -2.07. The standard InChI is InChI=1S/C104H148S10/c1-13-23-33-43-53-77-64-90(105-73-77)98-84(60-50-40-30-20-8)70-94(112-98)101-81(57-47-37-27-17-5)66-87(108-101)76(12)97-80(56-46-36-26-16-4)69-93(111-97)102-82(58-48-38-28-18-6)67-88(109-102)96(104-86(62-52-42-32-22-10)72-92(114-104)100-79(63-75(11)107-100)55-45-35-25-15-3)89-68-83(59-49-39-29-19-7)103(110-89)95-71-85(61-51-41-31-21-9)99(113-95)91-65-78(74-106-91)54-44-34-24-14-2/h63-74H,13-62H2,1-12H3/b96-88-,97-76-,102-93+. The van der Waals surface area contributed by atoms with Crippen LogP contribution in [0.25, 0.3) is 59.9 Å². The molecular formula is C104H148S10. The maximum atomic E-state index is 2.80. The molecular weight excluding hydrogens is 1570 g/mol. The van der Waals surface area contributed by atoms with E-state index in [1.807, 2.05) is 22.7 Å². The summed E-state index contributed by atoms with van der Waals surface area (Å²) in [7, 11) is 0. The van der Waals surface area contributed by atoms with Crippen molar-refractivity contribution in [1.29, 1.82) is 0 Å². The van der Waals surface area contributed by atoms with Crippen LogP contribution in [0.4, 0.5) is 0 Å². The molecule has 0 saturated heterocycles. The molecule has 114 heavy (non-hydrogen) atoms. The Morgan fingerprint density at radius 3 is 1.02 bits per heavy atom. The van der Waals surface area contributed by atoms with E-state index in [-0.39, 0.29) is 0 Å². The second kappa shape index (κ2) is 51.5. The number of unbranched alkanes of at least 4 members (excludes halogenated alkanes) is 30. The molecule has 10 aromatic rings. The first-order chi connectivity index (χ1) is 56.0. The molecule has 0 aliphatic heterocycles. The van der Waals surface area contributed by atoms with Crippen molar-refractivity contribution in [3.05, 3.63) is 165 Å². The third-order valence-electron chi connectivity index (χ3n) is 23.7. The molecule has 0 amide bonds. The topological polar surface area (TPSA) is 0 Å². The lowest BCUT2D eigenvalue weighted by molar-refractivity contribution is 0.666.